The van der Waals surface area contributed by atoms with Gasteiger partial charge in [-0.1, -0.05) is 24.1 Å². The van der Waals surface area contributed by atoms with Crippen molar-refractivity contribution in [1.29, 1.82) is 5.26 Å². The first-order chi connectivity index (χ1) is 25.1. The molecule has 2 aromatic carbocycles. The standard InChI is InChI=1S/C37H38ClF3N8O2S/c38-25-13-23-30(29(41)28(25)22-5-6-26(40)31-27(22)24(15-42)32(43)52-31)44-34(51-20-37-8-3-12-49(37)16-21(39)14-37)45-33(23)47-9-2-1-7-36(17-47)18-48(19-36)35(50)46-10-4-11-46/h5-6,13,21H,1-4,7-12,14,16-20,43H2/t21-,37+/m1/s1. The van der Waals surface area contributed by atoms with Crippen LogP contribution in [0.5, 0.6) is 6.01 Å². The van der Waals surface area contributed by atoms with Crippen molar-refractivity contribution in [1.82, 2.24) is 24.7 Å². The van der Waals surface area contributed by atoms with E-state index >= 15 is 4.39 Å². The molecule has 5 fully saturated rings. The summed E-state index contributed by atoms with van der Waals surface area (Å²) in [4.78, 5) is 30.6. The normalized spacial score (nSPS) is 24.2. The maximum absolute atomic E-state index is 17.2. The van der Waals surface area contributed by atoms with Gasteiger partial charge in [0.05, 0.1) is 20.8 Å². The van der Waals surface area contributed by atoms with E-state index in [2.05, 4.69) is 14.8 Å². The van der Waals surface area contributed by atoms with E-state index in [0.717, 1.165) is 69.5 Å². The van der Waals surface area contributed by atoms with E-state index in [-0.39, 0.29) is 66.4 Å². The monoisotopic (exact) mass is 750 g/mol. The number of ether oxygens (including phenoxy) is 1. The van der Waals surface area contributed by atoms with Crippen LogP contribution in [-0.4, -0.2) is 101 Å². The Kier molecular flexibility index (Phi) is 8.13. The molecule has 52 heavy (non-hydrogen) atoms. The molecule has 2 amide bonds. The van der Waals surface area contributed by atoms with Crippen molar-refractivity contribution < 1.29 is 22.7 Å². The van der Waals surface area contributed by atoms with Crippen LogP contribution in [0.15, 0.2) is 18.2 Å². The summed E-state index contributed by atoms with van der Waals surface area (Å²) in [6.45, 7) is 5.43. The number of aromatic nitrogens is 2. The lowest BCUT2D eigenvalue weighted by molar-refractivity contribution is 0.0104. The molecule has 0 radical (unpaired) electrons. The lowest BCUT2D eigenvalue weighted by Gasteiger charge is -2.53. The largest absolute Gasteiger partial charge is 0.461 e. The Morgan fingerprint density at radius 3 is 2.67 bits per heavy atom. The molecule has 1 spiro atoms. The van der Waals surface area contributed by atoms with Gasteiger partial charge in [0.15, 0.2) is 5.82 Å². The number of hydrogen-bond acceptors (Lipinski definition) is 9. The maximum Gasteiger partial charge on any atom is 0.320 e. The molecule has 0 unspecified atom stereocenters. The third kappa shape index (κ3) is 5.33. The van der Waals surface area contributed by atoms with Gasteiger partial charge in [0, 0.05) is 74.0 Å². The highest BCUT2D eigenvalue weighted by molar-refractivity contribution is 7.23. The van der Waals surface area contributed by atoms with E-state index in [1.54, 1.807) is 6.07 Å². The number of fused-ring (bicyclic) bond motifs is 3. The first-order valence-corrected chi connectivity index (χ1v) is 19.2. The summed E-state index contributed by atoms with van der Waals surface area (Å²) in [5.74, 6) is -0.866. The summed E-state index contributed by atoms with van der Waals surface area (Å²) in [5.41, 5.74) is 5.70. The number of nitrogens with zero attached hydrogens (tertiary/aromatic N) is 7. The number of anilines is 2. The van der Waals surface area contributed by atoms with Crippen LogP contribution in [0.25, 0.3) is 32.1 Å². The van der Waals surface area contributed by atoms with Crippen molar-refractivity contribution in [2.75, 3.05) is 69.6 Å². The molecule has 2 atom stereocenters. The van der Waals surface area contributed by atoms with Crippen molar-refractivity contribution in [2.45, 2.75) is 56.7 Å². The number of carbonyl (C=O) groups is 1. The van der Waals surface area contributed by atoms with E-state index in [0.29, 0.717) is 50.3 Å². The zero-order chi connectivity index (χ0) is 35.9. The summed E-state index contributed by atoms with van der Waals surface area (Å²) in [6.07, 6.45) is 4.97. The van der Waals surface area contributed by atoms with E-state index < -0.39 is 23.3 Å². The SMILES string of the molecule is N#Cc1c(N)sc2c(F)ccc(-c3c(Cl)cc4c(N5CCCCC6(CN(C(=O)N7CCC7)C6)C5)nc(OC[C@@]56CCCN5C[C@H](F)C6)nc4c3F)c12. The summed E-state index contributed by atoms with van der Waals surface area (Å²) < 4.78 is 53.3. The van der Waals surface area contributed by atoms with Gasteiger partial charge in [-0.3, -0.25) is 4.90 Å². The second kappa shape index (κ2) is 12.5. The number of nitrogen functional groups attached to an aromatic ring is 1. The number of amides is 2. The van der Waals surface area contributed by atoms with E-state index in [9.17, 15) is 18.8 Å². The Morgan fingerprint density at radius 1 is 1.08 bits per heavy atom. The molecule has 5 aliphatic heterocycles. The number of likely N-dealkylation sites (tertiary alicyclic amines) is 2. The number of nitriles is 1. The van der Waals surface area contributed by atoms with Gasteiger partial charge < -0.3 is 25.2 Å². The van der Waals surface area contributed by atoms with Crippen LogP contribution in [-0.2, 0) is 0 Å². The van der Waals surface area contributed by atoms with Crippen molar-refractivity contribution in [3.8, 4) is 23.2 Å². The lowest BCUT2D eigenvalue weighted by Crippen LogP contribution is -2.65. The minimum absolute atomic E-state index is 0.0264. The molecule has 7 heterocycles. The van der Waals surface area contributed by atoms with Crippen LogP contribution in [0, 0.1) is 28.4 Å². The molecular formula is C37H38ClF3N8O2S. The number of halogens is 4. The second-order valence-corrected chi connectivity index (χ2v) is 16.7. The van der Waals surface area contributed by atoms with Gasteiger partial charge in [0.1, 0.15) is 41.0 Å². The fourth-order valence-electron chi connectivity index (χ4n) is 9.28. The van der Waals surface area contributed by atoms with Gasteiger partial charge in [-0.15, -0.1) is 11.3 Å². The Balaban J connectivity index is 1.15. The highest BCUT2D eigenvalue weighted by Gasteiger charge is 2.50. The van der Waals surface area contributed by atoms with Gasteiger partial charge in [-0.25, -0.2) is 18.0 Å². The van der Waals surface area contributed by atoms with Crippen molar-refractivity contribution in [3.63, 3.8) is 0 Å². The average Bonchev–Trinajstić information content (AvgIpc) is 3.65. The molecule has 2 N–H and O–H groups in total. The van der Waals surface area contributed by atoms with E-state index in [1.807, 2.05) is 15.9 Å². The van der Waals surface area contributed by atoms with Crippen LogP contribution in [0.2, 0.25) is 5.02 Å². The van der Waals surface area contributed by atoms with Crippen LogP contribution >= 0.6 is 22.9 Å². The first kappa shape index (κ1) is 33.8. The smallest absolute Gasteiger partial charge is 0.320 e. The van der Waals surface area contributed by atoms with Crippen LogP contribution in [0.4, 0.5) is 28.8 Å². The Labute approximate surface area is 307 Å². The molecule has 15 heteroatoms. The number of urea groups is 1. The van der Waals surface area contributed by atoms with Gasteiger partial charge in [0.2, 0.25) is 0 Å². The Morgan fingerprint density at radius 2 is 1.90 bits per heavy atom. The third-order valence-electron chi connectivity index (χ3n) is 11.9. The quantitative estimate of drug-likeness (QED) is 0.233. The van der Waals surface area contributed by atoms with Gasteiger partial charge in [0.25, 0.3) is 0 Å². The predicted octanol–water partition coefficient (Wildman–Crippen LogP) is 6.97. The first-order valence-electron chi connectivity index (χ1n) is 18.0. The number of carbonyl (C=O) groups excluding carboxylic acids is 1. The fraction of sp³-hybridized carbons (Fsp3) is 0.514. The summed E-state index contributed by atoms with van der Waals surface area (Å²) in [5, 5.41) is 10.7. The molecule has 0 saturated carbocycles. The number of nitrogens with two attached hydrogens (primary N) is 1. The Hall–Kier alpha value is -4.06. The Bertz CT molecular complexity index is 2170. The lowest BCUT2D eigenvalue weighted by atomic mass is 9.76. The number of hydrogen-bond donors (Lipinski definition) is 1. The van der Waals surface area contributed by atoms with Crippen molar-refractivity contribution >= 4 is 60.8 Å². The summed E-state index contributed by atoms with van der Waals surface area (Å²) in [6, 6.07) is 6.36. The third-order valence-corrected chi connectivity index (χ3v) is 13.3. The molecule has 5 aliphatic rings. The second-order valence-electron chi connectivity index (χ2n) is 15.2. The predicted molar refractivity (Wildman–Crippen MR) is 195 cm³/mol. The number of rotatable bonds is 5. The maximum atomic E-state index is 17.2. The molecule has 5 saturated heterocycles. The molecule has 272 valence electrons. The minimum Gasteiger partial charge on any atom is -0.461 e. The van der Waals surface area contributed by atoms with Crippen LogP contribution < -0.4 is 15.4 Å². The highest BCUT2D eigenvalue weighted by atomic mass is 35.5. The van der Waals surface area contributed by atoms with E-state index in [4.69, 9.17) is 27.1 Å². The van der Waals surface area contributed by atoms with Crippen molar-refractivity contribution in [2.24, 2.45) is 5.41 Å². The van der Waals surface area contributed by atoms with E-state index in [1.165, 1.54) is 12.1 Å². The fourth-order valence-corrected chi connectivity index (χ4v) is 10.5. The molecule has 4 aromatic rings. The number of thiophene rings is 1. The number of benzene rings is 2. The summed E-state index contributed by atoms with van der Waals surface area (Å²) >= 11 is 7.87. The molecule has 0 aliphatic carbocycles. The molecule has 2 aromatic heterocycles. The highest BCUT2D eigenvalue weighted by Crippen LogP contribution is 2.47. The van der Waals surface area contributed by atoms with Gasteiger partial charge in [-0.2, -0.15) is 15.2 Å². The molecule has 10 nitrogen and oxygen atoms in total. The van der Waals surface area contributed by atoms with Crippen molar-refractivity contribution in [3.05, 3.63) is 40.4 Å². The molecular weight excluding hydrogens is 713 g/mol. The average molecular weight is 751 g/mol. The van der Waals surface area contributed by atoms with Gasteiger partial charge in [-0.05, 0) is 56.3 Å². The van der Waals surface area contributed by atoms with Gasteiger partial charge >= 0.3 is 12.0 Å². The topological polar surface area (TPSA) is 115 Å². The summed E-state index contributed by atoms with van der Waals surface area (Å²) in [7, 11) is 0. The zero-order valence-electron chi connectivity index (χ0n) is 28.6. The zero-order valence-corrected chi connectivity index (χ0v) is 30.1. The molecule has 9 rings (SSSR count). The van der Waals surface area contributed by atoms with Crippen LogP contribution in [0.1, 0.15) is 50.5 Å². The minimum atomic E-state index is -0.945. The number of alkyl halides is 1. The molecule has 0 bridgehead atoms. The van der Waals surface area contributed by atoms with Crippen LogP contribution in [0.3, 0.4) is 0 Å².